The third-order valence-corrected chi connectivity index (χ3v) is 5.21. The number of hydrogen-bond donors (Lipinski definition) is 0. The standard InChI is InChI=1S/C22H22F2N2/c1-14-4-7-21-18(10-14)19-13-25(3)9-8-22(19)26(21)12-15(2)17-6-5-16(23)11-20(17)24/h4-7,10-12H,8-9,13H2,1-3H3/b15-12-. The van der Waals surface area contributed by atoms with Crippen molar-refractivity contribution in [2.24, 2.45) is 0 Å². The van der Waals surface area contributed by atoms with Crippen LogP contribution in [0.4, 0.5) is 8.78 Å². The molecule has 1 aromatic heterocycles. The van der Waals surface area contributed by atoms with Gasteiger partial charge in [-0.2, -0.15) is 0 Å². The Balaban J connectivity index is 1.91. The lowest BCUT2D eigenvalue weighted by molar-refractivity contribution is 0.312. The SMILES string of the molecule is C/C(=C/n1c2c(c3cc(C)ccc31)CN(C)CC2)c1ccc(F)cc1F. The first-order valence-corrected chi connectivity index (χ1v) is 8.88. The second-order valence-corrected chi connectivity index (χ2v) is 7.24. The van der Waals surface area contributed by atoms with Crippen molar-refractivity contribution in [3.63, 3.8) is 0 Å². The maximum Gasteiger partial charge on any atom is 0.133 e. The van der Waals surface area contributed by atoms with Crippen molar-refractivity contribution in [3.8, 4) is 0 Å². The van der Waals surface area contributed by atoms with E-state index in [0.29, 0.717) is 5.56 Å². The molecule has 3 aromatic rings. The first-order valence-electron chi connectivity index (χ1n) is 8.88. The number of likely N-dealkylation sites (N-methyl/N-ethyl adjacent to an activating group) is 1. The van der Waals surface area contributed by atoms with Gasteiger partial charge in [-0.1, -0.05) is 11.6 Å². The molecule has 2 aromatic carbocycles. The normalized spacial score (nSPS) is 15.5. The highest BCUT2D eigenvalue weighted by atomic mass is 19.1. The molecule has 1 aliphatic rings. The Bertz CT molecular complexity index is 1030. The van der Waals surface area contributed by atoms with Gasteiger partial charge in [0.15, 0.2) is 0 Å². The van der Waals surface area contributed by atoms with Gasteiger partial charge >= 0.3 is 0 Å². The van der Waals surface area contributed by atoms with Crippen molar-refractivity contribution >= 4 is 22.7 Å². The maximum atomic E-state index is 14.2. The minimum absolute atomic E-state index is 0.432. The van der Waals surface area contributed by atoms with Gasteiger partial charge in [-0.15, -0.1) is 0 Å². The van der Waals surface area contributed by atoms with Gasteiger partial charge in [0.2, 0.25) is 0 Å². The summed E-state index contributed by atoms with van der Waals surface area (Å²) < 4.78 is 29.6. The van der Waals surface area contributed by atoms with Crippen LogP contribution in [0.15, 0.2) is 36.4 Å². The van der Waals surface area contributed by atoms with Crippen LogP contribution in [0, 0.1) is 18.6 Å². The van der Waals surface area contributed by atoms with Crippen LogP contribution in [0.5, 0.6) is 0 Å². The predicted molar refractivity (Wildman–Crippen MR) is 103 cm³/mol. The van der Waals surface area contributed by atoms with E-state index in [1.165, 1.54) is 34.3 Å². The van der Waals surface area contributed by atoms with Gasteiger partial charge in [0, 0.05) is 48.4 Å². The molecule has 0 bridgehead atoms. The fourth-order valence-electron chi connectivity index (χ4n) is 3.86. The molecule has 0 unspecified atom stereocenters. The van der Waals surface area contributed by atoms with Crippen molar-refractivity contribution in [1.82, 2.24) is 9.47 Å². The Morgan fingerprint density at radius 2 is 1.92 bits per heavy atom. The Kier molecular flexibility index (Phi) is 4.16. The highest BCUT2D eigenvalue weighted by Crippen LogP contribution is 2.33. The molecular formula is C22H22F2N2. The number of nitrogens with zero attached hydrogens (tertiary/aromatic N) is 2. The van der Waals surface area contributed by atoms with E-state index in [2.05, 4.69) is 41.6 Å². The molecule has 0 aliphatic carbocycles. The van der Waals surface area contributed by atoms with Crippen LogP contribution < -0.4 is 0 Å². The minimum Gasteiger partial charge on any atom is -0.320 e. The average molecular weight is 352 g/mol. The molecule has 4 rings (SSSR count). The lowest BCUT2D eigenvalue weighted by atomic mass is 10.0. The van der Waals surface area contributed by atoms with Gasteiger partial charge in [-0.3, -0.25) is 0 Å². The van der Waals surface area contributed by atoms with E-state index >= 15 is 0 Å². The molecule has 0 saturated carbocycles. The monoisotopic (exact) mass is 352 g/mol. The molecule has 0 spiro atoms. The van der Waals surface area contributed by atoms with E-state index in [-0.39, 0.29) is 0 Å². The number of halogens is 2. The first kappa shape index (κ1) is 17.0. The van der Waals surface area contributed by atoms with Crippen LogP contribution in [0.2, 0.25) is 0 Å². The summed E-state index contributed by atoms with van der Waals surface area (Å²) in [6, 6.07) is 10.2. The number of aryl methyl sites for hydroxylation is 1. The summed E-state index contributed by atoms with van der Waals surface area (Å²) in [7, 11) is 2.14. The summed E-state index contributed by atoms with van der Waals surface area (Å²) in [4.78, 5) is 2.32. The molecule has 26 heavy (non-hydrogen) atoms. The van der Waals surface area contributed by atoms with Crippen molar-refractivity contribution in [1.29, 1.82) is 0 Å². The van der Waals surface area contributed by atoms with Crippen molar-refractivity contribution in [3.05, 3.63) is 70.4 Å². The van der Waals surface area contributed by atoms with E-state index in [4.69, 9.17) is 0 Å². The van der Waals surface area contributed by atoms with Crippen LogP contribution in [0.3, 0.4) is 0 Å². The minimum atomic E-state index is -0.554. The summed E-state index contributed by atoms with van der Waals surface area (Å²) in [6.45, 7) is 5.89. The lowest BCUT2D eigenvalue weighted by Gasteiger charge is -2.23. The van der Waals surface area contributed by atoms with Gasteiger partial charge in [0.1, 0.15) is 11.6 Å². The molecule has 0 atom stereocenters. The first-order chi connectivity index (χ1) is 12.4. The molecule has 2 heterocycles. The number of rotatable bonds is 2. The number of aromatic nitrogens is 1. The zero-order valence-electron chi connectivity index (χ0n) is 15.3. The van der Waals surface area contributed by atoms with Crippen molar-refractivity contribution in [2.45, 2.75) is 26.8 Å². The van der Waals surface area contributed by atoms with E-state index in [9.17, 15) is 8.78 Å². The lowest BCUT2D eigenvalue weighted by Crippen LogP contribution is -2.26. The van der Waals surface area contributed by atoms with Crippen molar-refractivity contribution in [2.75, 3.05) is 13.6 Å². The number of hydrogen-bond acceptors (Lipinski definition) is 1. The summed E-state index contributed by atoms with van der Waals surface area (Å²) in [5.74, 6) is -1.08. The topological polar surface area (TPSA) is 8.17 Å². The number of fused-ring (bicyclic) bond motifs is 3. The van der Waals surface area contributed by atoms with E-state index < -0.39 is 11.6 Å². The third kappa shape index (κ3) is 2.84. The van der Waals surface area contributed by atoms with Crippen molar-refractivity contribution < 1.29 is 8.78 Å². The van der Waals surface area contributed by atoms with E-state index in [1.807, 2.05) is 13.1 Å². The number of allylic oxidation sites excluding steroid dienone is 1. The van der Waals surface area contributed by atoms with Gasteiger partial charge in [-0.05, 0) is 56.3 Å². The predicted octanol–water partition coefficient (Wildman–Crippen LogP) is 5.23. The zero-order valence-corrected chi connectivity index (χ0v) is 15.3. The summed E-state index contributed by atoms with van der Waals surface area (Å²) in [5.41, 5.74) is 6.21. The molecule has 1 aliphatic heterocycles. The molecular weight excluding hydrogens is 330 g/mol. The smallest absolute Gasteiger partial charge is 0.133 e. The second kappa shape index (κ2) is 6.36. The highest BCUT2D eigenvalue weighted by Gasteiger charge is 2.22. The van der Waals surface area contributed by atoms with Crippen LogP contribution in [0.25, 0.3) is 22.7 Å². The van der Waals surface area contributed by atoms with Crippen LogP contribution >= 0.6 is 0 Å². The summed E-state index contributed by atoms with van der Waals surface area (Å²) >= 11 is 0. The summed E-state index contributed by atoms with van der Waals surface area (Å²) in [6.07, 6.45) is 2.94. The molecule has 0 fully saturated rings. The number of benzene rings is 2. The van der Waals surface area contributed by atoms with E-state index in [0.717, 1.165) is 36.7 Å². The quantitative estimate of drug-likeness (QED) is 0.613. The fourth-order valence-corrected chi connectivity index (χ4v) is 3.86. The van der Waals surface area contributed by atoms with Crippen LogP contribution in [-0.2, 0) is 13.0 Å². The van der Waals surface area contributed by atoms with Gasteiger partial charge < -0.3 is 9.47 Å². The van der Waals surface area contributed by atoms with Gasteiger partial charge in [-0.25, -0.2) is 8.78 Å². The summed E-state index contributed by atoms with van der Waals surface area (Å²) in [5, 5.41) is 1.26. The average Bonchev–Trinajstić information content (AvgIpc) is 2.87. The van der Waals surface area contributed by atoms with Gasteiger partial charge in [0.05, 0.1) is 5.52 Å². The maximum absolute atomic E-state index is 14.2. The second-order valence-electron chi connectivity index (χ2n) is 7.24. The molecule has 0 saturated heterocycles. The van der Waals surface area contributed by atoms with E-state index in [1.54, 1.807) is 0 Å². The zero-order chi connectivity index (χ0) is 18.4. The highest BCUT2D eigenvalue weighted by molar-refractivity contribution is 5.90. The Hall–Kier alpha value is -2.46. The van der Waals surface area contributed by atoms with Gasteiger partial charge in [0.25, 0.3) is 0 Å². The Morgan fingerprint density at radius 1 is 1.12 bits per heavy atom. The fraction of sp³-hybridized carbons (Fsp3) is 0.273. The van der Waals surface area contributed by atoms with Crippen LogP contribution in [0.1, 0.15) is 29.3 Å². The third-order valence-electron chi connectivity index (χ3n) is 5.21. The molecule has 134 valence electrons. The molecule has 0 radical (unpaired) electrons. The molecule has 0 amide bonds. The molecule has 4 heteroatoms. The molecule has 2 nitrogen and oxygen atoms in total. The molecule has 0 N–H and O–H groups in total. The Labute approximate surface area is 152 Å². The largest absolute Gasteiger partial charge is 0.320 e. The van der Waals surface area contributed by atoms with Crippen LogP contribution in [-0.4, -0.2) is 23.1 Å². The Morgan fingerprint density at radius 3 is 2.69 bits per heavy atom.